The summed E-state index contributed by atoms with van der Waals surface area (Å²) in [5, 5.41) is 23.0. The lowest BCUT2D eigenvalue weighted by molar-refractivity contribution is -0.386. The topological polar surface area (TPSA) is 149 Å². The fourth-order valence-electron chi connectivity index (χ4n) is 6.63. The molecule has 214 valence electrons. The Morgan fingerprint density at radius 1 is 1.10 bits per heavy atom. The van der Waals surface area contributed by atoms with Crippen molar-refractivity contribution in [3.8, 4) is 6.07 Å². The summed E-state index contributed by atoms with van der Waals surface area (Å²) >= 11 is 3.71. The number of ether oxygens (including phenoxy) is 2. The molecule has 10 nitrogen and oxygen atoms in total. The molecule has 0 saturated carbocycles. The second-order valence-electron chi connectivity index (χ2n) is 11.4. The number of hydrogen-bond acceptors (Lipinski definition) is 9. The minimum atomic E-state index is -1.06. The van der Waals surface area contributed by atoms with E-state index in [1.165, 1.54) is 4.90 Å². The minimum absolute atomic E-state index is 0.0294. The number of fused-ring (bicyclic) bond motifs is 1. The van der Waals surface area contributed by atoms with Crippen LogP contribution in [-0.4, -0.2) is 31.1 Å². The highest BCUT2D eigenvalue weighted by molar-refractivity contribution is 9.10. The first-order valence-electron chi connectivity index (χ1n) is 12.8. The van der Waals surface area contributed by atoms with E-state index >= 15 is 0 Å². The number of halogens is 1. The SMILES string of the molecule is COC(=O)C1=C(C(=O)OC)N(c2c(C)c([N+](=O)[O-])c3c(c2Br)C(C)(C)CC3(C)C)C(N)=C(C#N)C1c1ccccc1. The molecule has 0 radical (unpaired) electrons. The molecule has 1 aliphatic heterocycles. The van der Waals surface area contributed by atoms with Crippen LogP contribution in [0.2, 0.25) is 0 Å². The minimum Gasteiger partial charge on any atom is -0.466 e. The van der Waals surface area contributed by atoms with E-state index in [4.69, 9.17) is 15.2 Å². The van der Waals surface area contributed by atoms with Crippen LogP contribution in [0.5, 0.6) is 0 Å². The van der Waals surface area contributed by atoms with Gasteiger partial charge in [0.05, 0.1) is 53.5 Å². The van der Waals surface area contributed by atoms with Crippen molar-refractivity contribution in [2.24, 2.45) is 5.73 Å². The number of rotatable bonds is 5. The summed E-state index contributed by atoms with van der Waals surface area (Å²) in [5.41, 5.74) is 7.21. The van der Waals surface area contributed by atoms with Crippen LogP contribution in [0.25, 0.3) is 0 Å². The first-order chi connectivity index (χ1) is 19.2. The van der Waals surface area contributed by atoms with Gasteiger partial charge in [-0.1, -0.05) is 58.0 Å². The zero-order valence-electron chi connectivity index (χ0n) is 23.9. The molecule has 0 spiro atoms. The fourth-order valence-corrected chi connectivity index (χ4v) is 7.84. The summed E-state index contributed by atoms with van der Waals surface area (Å²) in [6, 6.07) is 10.8. The molecule has 1 heterocycles. The lowest BCUT2D eigenvalue weighted by Gasteiger charge is -2.37. The van der Waals surface area contributed by atoms with Crippen molar-refractivity contribution in [3.63, 3.8) is 0 Å². The third kappa shape index (κ3) is 4.47. The Hall–Kier alpha value is -4.17. The number of hydrogen-bond donors (Lipinski definition) is 1. The highest BCUT2D eigenvalue weighted by Crippen LogP contribution is 2.59. The maximum Gasteiger partial charge on any atom is 0.355 e. The van der Waals surface area contributed by atoms with Crippen LogP contribution >= 0.6 is 15.9 Å². The number of methoxy groups -OCH3 is 2. The number of benzene rings is 2. The number of carbonyl (C=O) groups excluding carboxylic acids is 2. The number of nitro benzene ring substituents is 1. The van der Waals surface area contributed by atoms with Crippen molar-refractivity contribution < 1.29 is 24.0 Å². The number of nitriles is 1. The molecule has 4 rings (SSSR count). The molecule has 2 aliphatic rings. The zero-order chi connectivity index (χ0) is 30.6. The summed E-state index contributed by atoms with van der Waals surface area (Å²) in [6.45, 7) is 9.47. The highest BCUT2D eigenvalue weighted by atomic mass is 79.9. The second-order valence-corrected chi connectivity index (χ2v) is 12.2. The van der Waals surface area contributed by atoms with E-state index in [2.05, 4.69) is 22.0 Å². The van der Waals surface area contributed by atoms with Crippen LogP contribution in [0.4, 0.5) is 11.4 Å². The molecule has 2 aromatic carbocycles. The molecule has 0 amide bonds. The van der Waals surface area contributed by atoms with Crippen molar-refractivity contribution >= 4 is 39.2 Å². The fraction of sp³-hybridized carbons (Fsp3) is 0.367. The van der Waals surface area contributed by atoms with E-state index < -0.39 is 33.6 Å². The summed E-state index contributed by atoms with van der Waals surface area (Å²) in [6.07, 6.45) is 0.621. The number of carbonyl (C=O) groups is 2. The molecular formula is C30H31BrN4O6. The second kappa shape index (κ2) is 10.3. The van der Waals surface area contributed by atoms with Gasteiger partial charge in [-0.3, -0.25) is 15.0 Å². The average molecular weight is 624 g/mol. The van der Waals surface area contributed by atoms with E-state index in [1.54, 1.807) is 37.3 Å². The number of esters is 2. The summed E-state index contributed by atoms with van der Waals surface area (Å²) in [5.74, 6) is -3.03. The quantitative estimate of drug-likeness (QED) is 0.258. The third-order valence-corrected chi connectivity index (χ3v) is 8.65. The predicted molar refractivity (Wildman–Crippen MR) is 156 cm³/mol. The highest BCUT2D eigenvalue weighted by Gasteiger charge is 2.51. The summed E-state index contributed by atoms with van der Waals surface area (Å²) in [7, 11) is 2.31. The molecular weight excluding hydrogens is 592 g/mol. The molecule has 0 aromatic heterocycles. The molecule has 41 heavy (non-hydrogen) atoms. The molecule has 11 heteroatoms. The smallest absolute Gasteiger partial charge is 0.355 e. The first-order valence-corrected chi connectivity index (χ1v) is 13.6. The lowest BCUT2D eigenvalue weighted by Crippen LogP contribution is -2.41. The Balaban J connectivity index is 2.24. The lowest BCUT2D eigenvalue weighted by atomic mass is 9.80. The summed E-state index contributed by atoms with van der Waals surface area (Å²) in [4.78, 5) is 40.5. The summed E-state index contributed by atoms with van der Waals surface area (Å²) < 4.78 is 10.7. The van der Waals surface area contributed by atoms with E-state index in [0.717, 1.165) is 14.2 Å². The van der Waals surface area contributed by atoms with E-state index in [-0.39, 0.29) is 39.6 Å². The maximum atomic E-state index is 13.6. The largest absolute Gasteiger partial charge is 0.466 e. The molecule has 1 aliphatic carbocycles. The van der Waals surface area contributed by atoms with Gasteiger partial charge >= 0.3 is 11.9 Å². The maximum absolute atomic E-state index is 13.6. The Kier molecular flexibility index (Phi) is 7.52. The monoisotopic (exact) mass is 622 g/mol. The average Bonchev–Trinajstić information content (AvgIpc) is 3.11. The number of anilines is 1. The van der Waals surface area contributed by atoms with Gasteiger partial charge in [-0.25, -0.2) is 9.59 Å². The molecule has 0 fully saturated rings. The van der Waals surface area contributed by atoms with Gasteiger partial charge in [-0.05, 0) is 51.2 Å². The molecule has 1 unspecified atom stereocenters. The van der Waals surface area contributed by atoms with Crippen molar-refractivity contribution in [1.29, 1.82) is 5.26 Å². The van der Waals surface area contributed by atoms with Gasteiger partial charge in [0.2, 0.25) is 0 Å². The normalized spacial score (nSPS) is 19.0. The number of nitrogens with zero attached hydrogens (tertiary/aromatic N) is 3. The Bertz CT molecular complexity index is 1600. The molecule has 0 bridgehead atoms. The Morgan fingerprint density at radius 3 is 2.17 bits per heavy atom. The van der Waals surface area contributed by atoms with Crippen LogP contribution in [-0.2, 0) is 29.9 Å². The third-order valence-electron chi connectivity index (χ3n) is 7.88. The Labute approximate surface area is 246 Å². The van der Waals surface area contributed by atoms with Crippen molar-refractivity contribution in [1.82, 2.24) is 0 Å². The van der Waals surface area contributed by atoms with Crippen LogP contribution in [0.1, 0.15) is 62.3 Å². The molecule has 0 saturated heterocycles. The van der Waals surface area contributed by atoms with Crippen LogP contribution in [0, 0.1) is 28.4 Å². The van der Waals surface area contributed by atoms with E-state index in [9.17, 15) is 25.0 Å². The van der Waals surface area contributed by atoms with Crippen LogP contribution in [0.3, 0.4) is 0 Å². The van der Waals surface area contributed by atoms with Gasteiger partial charge in [0.15, 0.2) is 0 Å². The molecule has 2 aromatic rings. The van der Waals surface area contributed by atoms with Crippen molar-refractivity contribution in [3.05, 3.63) is 89.8 Å². The van der Waals surface area contributed by atoms with E-state index in [1.807, 2.05) is 27.7 Å². The van der Waals surface area contributed by atoms with Gasteiger partial charge in [0.1, 0.15) is 11.5 Å². The van der Waals surface area contributed by atoms with Crippen LogP contribution < -0.4 is 10.6 Å². The van der Waals surface area contributed by atoms with Gasteiger partial charge in [-0.15, -0.1) is 0 Å². The van der Waals surface area contributed by atoms with Gasteiger partial charge in [0.25, 0.3) is 5.69 Å². The van der Waals surface area contributed by atoms with E-state index in [0.29, 0.717) is 27.6 Å². The number of allylic oxidation sites excluding steroid dienone is 1. The molecule has 2 N–H and O–H groups in total. The van der Waals surface area contributed by atoms with Gasteiger partial charge in [0, 0.05) is 10.0 Å². The standard InChI is InChI=1S/C30H31BrN4O6/c1-15-23(35(38)39)21-20(29(2,3)14-30(21,4)5)22(31)24(15)34-25(28(37)41-7)19(27(36)40-6)18(17(13-32)26(34)33)16-11-9-8-10-12-16/h8-12,18H,14,33H2,1-7H3. The first kappa shape index (κ1) is 29.8. The zero-order valence-corrected chi connectivity index (χ0v) is 25.5. The predicted octanol–water partition coefficient (Wildman–Crippen LogP) is 5.52. The van der Waals surface area contributed by atoms with Gasteiger partial charge in [-0.2, -0.15) is 5.26 Å². The number of nitro groups is 1. The van der Waals surface area contributed by atoms with Crippen molar-refractivity contribution in [2.45, 2.75) is 57.8 Å². The van der Waals surface area contributed by atoms with Gasteiger partial charge < -0.3 is 15.2 Å². The molecule has 1 atom stereocenters. The van der Waals surface area contributed by atoms with Crippen LogP contribution in [0.15, 0.2) is 57.5 Å². The Morgan fingerprint density at radius 2 is 1.66 bits per heavy atom. The van der Waals surface area contributed by atoms with Crippen molar-refractivity contribution in [2.75, 3.05) is 19.1 Å². The number of nitrogens with two attached hydrogens (primary N) is 1.